The van der Waals surface area contributed by atoms with E-state index >= 15 is 0 Å². The topological polar surface area (TPSA) is 29.1 Å². The maximum atomic E-state index is 11.5. The number of hydrogen-bond donors (Lipinski definition) is 1. The smallest absolute Gasteiger partial charge is 0.224 e. The molecule has 1 rings (SSSR count). The van der Waals surface area contributed by atoms with E-state index in [4.69, 9.17) is 0 Å². The fourth-order valence-corrected chi connectivity index (χ4v) is 1.49. The van der Waals surface area contributed by atoms with E-state index in [9.17, 15) is 4.79 Å². The summed E-state index contributed by atoms with van der Waals surface area (Å²) in [6.45, 7) is 8.31. The van der Waals surface area contributed by atoms with Crippen molar-refractivity contribution in [2.45, 2.75) is 40.5 Å². The Kier molecular flexibility index (Phi) is 4.11. The highest BCUT2D eigenvalue weighted by Crippen LogP contribution is 2.24. The zero-order valence-electron chi connectivity index (χ0n) is 10.6. The molecule has 1 aliphatic carbocycles. The average Bonchev–Trinajstić information content (AvgIpc) is 2.31. The molecular weight excluding hydrogens is 198 g/mol. The van der Waals surface area contributed by atoms with Gasteiger partial charge in [0.1, 0.15) is 0 Å². The molecule has 1 amide bonds. The Morgan fingerprint density at radius 2 is 1.94 bits per heavy atom. The number of hydrogen-bond acceptors (Lipinski definition) is 1. The molecule has 0 aromatic carbocycles. The Bertz CT molecular complexity index is 359. The Labute approximate surface area is 98.1 Å². The van der Waals surface area contributed by atoms with Gasteiger partial charge in [-0.25, -0.2) is 0 Å². The van der Waals surface area contributed by atoms with Crippen LogP contribution in [0.4, 0.5) is 0 Å². The van der Waals surface area contributed by atoms with Crippen molar-refractivity contribution in [3.8, 4) is 0 Å². The minimum Gasteiger partial charge on any atom is -0.326 e. The van der Waals surface area contributed by atoms with E-state index in [0.717, 1.165) is 17.7 Å². The van der Waals surface area contributed by atoms with Gasteiger partial charge in [-0.15, -0.1) is 0 Å². The third-order valence-corrected chi connectivity index (χ3v) is 2.62. The molecule has 0 aromatic rings. The molecule has 0 heterocycles. The van der Waals surface area contributed by atoms with Gasteiger partial charge in [0.05, 0.1) is 0 Å². The predicted molar refractivity (Wildman–Crippen MR) is 67.8 cm³/mol. The first kappa shape index (κ1) is 12.8. The van der Waals surface area contributed by atoms with Crippen LogP contribution in [0.3, 0.4) is 0 Å². The molecular formula is C14H21NO. The van der Waals surface area contributed by atoms with Crippen LogP contribution < -0.4 is 5.32 Å². The van der Waals surface area contributed by atoms with Gasteiger partial charge in [-0.2, -0.15) is 0 Å². The van der Waals surface area contributed by atoms with E-state index in [1.54, 1.807) is 0 Å². The lowest BCUT2D eigenvalue weighted by atomic mass is 9.93. The zero-order valence-corrected chi connectivity index (χ0v) is 10.6. The van der Waals surface area contributed by atoms with Crippen LogP contribution in [-0.4, -0.2) is 5.91 Å². The third-order valence-electron chi connectivity index (χ3n) is 2.62. The SMILES string of the molecule is CCCC(=O)NC1=C(C)C=CC(C)(C)C=C1. The molecule has 0 saturated carbocycles. The first-order chi connectivity index (χ1) is 7.44. The quantitative estimate of drug-likeness (QED) is 0.775. The number of carbonyl (C=O) groups excluding carboxylic acids is 1. The largest absolute Gasteiger partial charge is 0.326 e. The van der Waals surface area contributed by atoms with Crippen LogP contribution in [0.25, 0.3) is 0 Å². The summed E-state index contributed by atoms with van der Waals surface area (Å²) >= 11 is 0. The molecule has 0 bridgehead atoms. The monoisotopic (exact) mass is 219 g/mol. The number of amides is 1. The van der Waals surface area contributed by atoms with E-state index in [0.29, 0.717) is 6.42 Å². The van der Waals surface area contributed by atoms with Crippen molar-refractivity contribution in [1.82, 2.24) is 5.32 Å². The molecule has 1 N–H and O–H groups in total. The molecule has 0 radical (unpaired) electrons. The van der Waals surface area contributed by atoms with Gasteiger partial charge in [-0.1, -0.05) is 39.0 Å². The maximum absolute atomic E-state index is 11.5. The Morgan fingerprint density at radius 3 is 2.56 bits per heavy atom. The minimum absolute atomic E-state index is 0.0541. The van der Waals surface area contributed by atoms with Gasteiger partial charge in [0.2, 0.25) is 5.91 Å². The van der Waals surface area contributed by atoms with Crippen molar-refractivity contribution in [1.29, 1.82) is 0 Å². The Balaban J connectivity index is 2.80. The Hall–Kier alpha value is -1.31. The van der Waals surface area contributed by atoms with Gasteiger partial charge < -0.3 is 5.32 Å². The molecule has 0 aromatic heterocycles. The molecule has 2 heteroatoms. The van der Waals surface area contributed by atoms with Crippen molar-refractivity contribution < 1.29 is 4.79 Å². The van der Waals surface area contributed by atoms with E-state index in [1.807, 2.05) is 19.9 Å². The molecule has 0 unspecified atom stereocenters. The van der Waals surface area contributed by atoms with Crippen LogP contribution in [0, 0.1) is 5.41 Å². The van der Waals surface area contributed by atoms with Crippen molar-refractivity contribution in [3.63, 3.8) is 0 Å². The van der Waals surface area contributed by atoms with Crippen molar-refractivity contribution >= 4 is 5.91 Å². The molecule has 0 aliphatic heterocycles. The molecule has 0 spiro atoms. The van der Waals surface area contributed by atoms with Crippen LogP contribution in [0.2, 0.25) is 0 Å². The highest BCUT2D eigenvalue weighted by Gasteiger charge is 2.13. The van der Waals surface area contributed by atoms with Crippen molar-refractivity contribution in [3.05, 3.63) is 35.6 Å². The van der Waals surface area contributed by atoms with Crippen molar-refractivity contribution in [2.24, 2.45) is 5.41 Å². The summed E-state index contributed by atoms with van der Waals surface area (Å²) in [5.41, 5.74) is 2.07. The summed E-state index contributed by atoms with van der Waals surface area (Å²) < 4.78 is 0. The van der Waals surface area contributed by atoms with E-state index in [1.165, 1.54) is 0 Å². The van der Waals surface area contributed by atoms with Crippen LogP contribution in [-0.2, 0) is 4.79 Å². The fourth-order valence-electron chi connectivity index (χ4n) is 1.49. The molecule has 16 heavy (non-hydrogen) atoms. The first-order valence-electron chi connectivity index (χ1n) is 5.84. The Morgan fingerprint density at radius 1 is 1.31 bits per heavy atom. The molecule has 0 fully saturated rings. The molecule has 88 valence electrons. The lowest BCUT2D eigenvalue weighted by Crippen LogP contribution is -2.22. The normalized spacial score (nSPS) is 18.5. The van der Waals surface area contributed by atoms with Gasteiger partial charge in [0, 0.05) is 17.5 Å². The standard InChI is InChI=1S/C14H21NO/c1-5-6-13(16)15-12-8-10-14(3,4)9-7-11(12)2/h7-10H,5-6H2,1-4H3,(H,15,16). The van der Waals surface area contributed by atoms with Gasteiger partial charge in [0.25, 0.3) is 0 Å². The van der Waals surface area contributed by atoms with E-state index < -0.39 is 0 Å². The highest BCUT2D eigenvalue weighted by molar-refractivity contribution is 5.78. The lowest BCUT2D eigenvalue weighted by molar-refractivity contribution is -0.120. The van der Waals surface area contributed by atoms with E-state index in [-0.39, 0.29) is 11.3 Å². The summed E-state index contributed by atoms with van der Waals surface area (Å²) in [5, 5.41) is 2.95. The van der Waals surface area contributed by atoms with Crippen LogP contribution in [0.5, 0.6) is 0 Å². The minimum atomic E-state index is 0.0541. The maximum Gasteiger partial charge on any atom is 0.224 e. The van der Waals surface area contributed by atoms with Crippen LogP contribution >= 0.6 is 0 Å². The van der Waals surface area contributed by atoms with Gasteiger partial charge >= 0.3 is 0 Å². The number of rotatable bonds is 3. The number of nitrogens with one attached hydrogen (secondary N) is 1. The molecule has 1 aliphatic rings. The second-order valence-corrected chi connectivity index (χ2v) is 4.88. The van der Waals surface area contributed by atoms with Gasteiger partial charge in [0.15, 0.2) is 0 Å². The fraction of sp³-hybridized carbons (Fsp3) is 0.500. The number of carbonyl (C=O) groups is 1. The summed E-state index contributed by atoms with van der Waals surface area (Å²) in [5.74, 6) is 0.0922. The van der Waals surface area contributed by atoms with Gasteiger partial charge in [-0.3, -0.25) is 4.79 Å². The summed E-state index contributed by atoms with van der Waals surface area (Å²) in [6.07, 6.45) is 9.80. The average molecular weight is 219 g/mol. The first-order valence-corrected chi connectivity index (χ1v) is 5.84. The zero-order chi connectivity index (χ0) is 12.2. The predicted octanol–water partition coefficient (Wildman–Crippen LogP) is 3.33. The van der Waals surface area contributed by atoms with E-state index in [2.05, 4.69) is 37.4 Å². The van der Waals surface area contributed by atoms with Crippen molar-refractivity contribution in [2.75, 3.05) is 0 Å². The number of allylic oxidation sites excluding steroid dienone is 5. The molecule has 0 atom stereocenters. The second-order valence-electron chi connectivity index (χ2n) is 4.88. The lowest BCUT2D eigenvalue weighted by Gasteiger charge is -2.12. The summed E-state index contributed by atoms with van der Waals surface area (Å²) in [7, 11) is 0. The molecule has 0 saturated heterocycles. The second kappa shape index (κ2) is 5.15. The third kappa shape index (κ3) is 3.69. The highest BCUT2D eigenvalue weighted by atomic mass is 16.1. The van der Waals surface area contributed by atoms with Crippen LogP contribution in [0.1, 0.15) is 40.5 Å². The van der Waals surface area contributed by atoms with Crippen LogP contribution in [0.15, 0.2) is 35.6 Å². The summed E-state index contributed by atoms with van der Waals surface area (Å²) in [6, 6.07) is 0. The summed E-state index contributed by atoms with van der Waals surface area (Å²) in [4.78, 5) is 11.5. The van der Waals surface area contributed by atoms with Gasteiger partial charge in [-0.05, 0) is 25.0 Å². The molecule has 2 nitrogen and oxygen atoms in total.